The Hall–Kier alpha value is -3.08. The first kappa shape index (κ1) is 23.1. The van der Waals surface area contributed by atoms with Crippen LogP contribution in [0.2, 0.25) is 0 Å². The monoisotopic (exact) mass is 452 g/mol. The van der Waals surface area contributed by atoms with E-state index in [-0.39, 0.29) is 17.3 Å². The Morgan fingerprint density at radius 1 is 0.909 bits per heavy atom. The molecule has 0 saturated heterocycles. The molecule has 0 heterocycles. The van der Waals surface area contributed by atoms with Gasteiger partial charge >= 0.3 is 5.97 Å². The lowest BCUT2D eigenvalue weighted by atomic mass is 9.78. The Morgan fingerprint density at radius 2 is 1.61 bits per heavy atom. The van der Waals surface area contributed by atoms with Crippen molar-refractivity contribution in [3.8, 4) is 16.9 Å². The molecule has 1 fully saturated rings. The molecule has 2 nitrogen and oxygen atoms in total. The number of ether oxygens (including phenoxy) is 1. The Balaban J connectivity index is 1.41. The van der Waals surface area contributed by atoms with Crippen LogP contribution in [0.3, 0.4) is 0 Å². The zero-order chi connectivity index (χ0) is 23.5. The van der Waals surface area contributed by atoms with Gasteiger partial charge in [-0.3, -0.25) is 4.79 Å². The minimum Gasteiger partial charge on any atom is -0.423 e. The highest BCUT2D eigenvalue weighted by atomic mass is 19.2. The molecule has 1 aliphatic rings. The summed E-state index contributed by atoms with van der Waals surface area (Å²) in [4.78, 5) is 12.6. The van der Waals surface area contributed by atoms with Gasteiger partial charge in [0.15, 0.2) is 11.6 Å². The van der Waals surface area contributed by atoms with Crippen LogP contribution in [0.4, 0.5) is 13.2 Å². The molecular weight excluding hydrogens is 425 g/mol. The van der Waals surface area contributed by atoms with Crippen molar-refractivity contribution in [1.82, 2.24) is 0 Å². The largest absolute Gasteiger partial charge is 0.423 e. The van der Waals surface area contributed by atoms with Crippen molar-refractivity contribution >= 4 is 5.97 Å². The lowest BCUT2D eigenvalue weighted by Crippen LogP contribution is -2.25. The number of halogens is 3. The second kappa shape index (κ2) is 9.82. The summed E-state index contributed by atoms with van der Waals surface area (Å²) in [6.45, 7) is 3.89. The van der Waals surface area contributed by atoms with Gasteiger partial charge in [-0.15, -0.1) is 0 Å². The minimum absolute atomic E-state index is 0.0444. The van der Waals surface area contributed by atoms with Crippen molar-refractivity contribution < 1.29 is 22.7 Å². The Bertz CT molecular complexity index is 1150. The van der Waals surface area contributed by atoms with Gasteiger partial charge in [-0.2, -0.15) is 4.39 Å². The maximum Gasteiger partial charge on any atom is 0.314 e. The van der Waals surface area contributed by atoms with E-state index in [1.165, 1.54) is 12.1 Å². The predicted octanol–water partition coefficient (Wildman–Crippen LogP) is 7.52. The van der Waals surface area contributed by atoms with E-state index in [1.807, 2.05) is 38.1 Å². The molecule has 0 aliphatic heterocycles. The Morgan fingerprint density at radius 3 is 2.24 bits per heavy atom. The SMILES string of the molecule is CCc1ccc(C2CCC(C(=O)Oc3ccc(-c4ccc(C)cc4)c(F)c3F)CC2)c(F)c1. The molecule has 3 aromatic carbocycles. The highest BCUT2D eigenvalue weighted by Crippen LogP contribution is 2.38. The van der Waals surface area contributed by atoms with Crippen LogP contribution in [0.5, 0.6) is 5.75 Å². The van der Waals surface area contributed by atoms with Crippen LogP contribution < -0.4 is 4.74 Å². The lowest BCUT2D eigenvalue weighted by Gasteiger charge is -2.28. The summed E-state index contributed by atoms with van der Waals surface area (Å²) in [5.74, 6) is -3.77. The molecule has 0 radical (unpaired) electrons. The van der Waals surface area contributed by atoms with Crippen LogP contribution >= 0.6 is 0 Å². The van der Waals surface area contributed by atoms with Gasteiger partial charge in [0.05, 0.1) is 5.92 Å². The average Bonchev–Trinajstić information content (AvgIpc) is 2.83. The average molecular weight is 453 g/mol. The number of hydrogen-bond donors (Lipinski definition) is 0. The zero-order valence-electron chi connectivity index (χ0n) is 18.8. The van der Waals surface area contributed by atoms with Crippen LogP contribution in [-0.2, 0) is 11.2 Å². The molecule has 0 unspecified atom stereocenters. The van der Waals surface area contributed by atoms with E-state index >= 15 is 0 Å². The molecule has 33 heavy (non-hydrogen) atoms. The van der Waals surface area contributed by atoms with Crippen LogP contribution in [0, 0.1) is 30.3 Å². The molecule has 1 saturated carbocycles. The Kier molecular flexibility index (Phi) is 6.87. The van der Waals surface area contributed by atoms with Gasteiger partial charge in [0, 0.05) is 5.56 Å². The number of aryl methyl sites for hydroxylation is 2. The quantitative estimate of drug-likeness (QED) is 0.296. The summed E-state index contributed by atoms with van der Waals surface area (Å²) in [6.07, 6.45) is 3.10. The standard InChI is InChI=1S/C28H27F3O2/c1-3-18-6-13-22(24(29)16-18)19-9-11-21(12-10-19)28(32)33-25-15-14-23(26(30)27(25)31)20-7-4-17(2)5-8-20/h4-8,13-16,19,21H,3,9-12H2,1-2H3. The topological polar surface area (TPSA) is 26.3 Å². The number of benzene rings is 3. The van der Waals surface area contributed by atoms with Crippen LogP contribution in [0.25, 0.3) is 11.1 Å². The summed E-state index contributed by atoms with van der Waals surface area (Å²) in [5, 5.41) is 0. The third-order valence-corrected chi connectivity index (χ3v) is 6.59. The van der Waals surface area contributed by atoms with E-state index in [0.29, 0.717) is 36.8 Å². The highest BCUT2D eigenvalue weighted by molar-refractivity contribution is 5.76. The molecule has 0 aromatic heterocycles. The van der Waals surface area contributed by atoms with E-state index in [1.54, 1.807) is 18.2 Å². The van der Waals surface area contributed by atoms with Crippen LogP contribution in [0.1, 0.15) is 55.2 Å². The minimum atomic E-state index is -1.17. The fraction of sp³-hybridized carbons (Fsp3) is 0.321. The van der Waals surface area contributed by atoms with E-state index < -0.39 is 29.3 Å². The normalized spacial score (nSPS) is 18.2. The first-order valence-electron chi connectivity index (χ1n) is 11.4. The molecule has 3 aromatic rings. The highest BCUT2D eigenvalue weighted by Gasteiger charge is 2.30. The van der Waals surface area contributed by atoms with Gasteiger partial charge in [-0.05, 0) is 79.8 Å². The van der Waals surface area contributed by atoms with Gasteiger partial charge in [-0.1, -0.05) is 48.9 Å². The maximum atomic E-state index is 14.7. The lowest BCUT2D eigenvalue weighted by molar-refractivity contribution is -0.140. The van der Waals surface area contributed by atoms with Crippen molar-refractivity contribution in [3.05, 3.63) is 88.7 Å². The van der Waals surface area contributed by atoms with Crippen molar-refractivity contribution in [1.29, 1.82) is 0 Å². The summed E-state index contributed by atoms with van der Waals surface area (Å²) in [6, 6.07) is 15.1. The second-order valence-electron chi connectivity index (χ2n) is 8.78. The number of esters is 1. The van der Waals surface area contributed by atoms with E-state index in [9.17, 15) is 18.0 Å². The number of hydrogen-bond acceptors (Lipinski definition) is 2. The van der Waals surface area contributed by atoms with E-state index in [4.69, 9.17) is 4.74 Å². The summed E-state index contributed by atoms with van der Waals surface area (Å²) >= 11 is 0. The molecule has 0 N–H and O–H groups in total. The number of rotatable bonds is 5. The van der Waals surface area contributed by atoms with E-state index in [0.717, 1.165) is 17.5 Å². The molecule has 1 aliphatic carbocycles. The third kappa shape index (κ3) is 4.97. The molecule has 0 spiro atoms. The first-order valence-corrected chi connectivity index (χ1v) is 11.4. The molecule has 5 heteroatoms. The van der Waals surface area contributed by atoms with Crippen LogP contribution in [-0.4, -0.2) is 5.97 Å². The third-order valence-electron chi connectivity index (χ3n) is 6.59. The van der Waals surface area contributed by atoms with Gasteiger partial charge in [0.25, 0.3) is 0 Å². The predicted molar refractivity (Wildman–Crippen MR) is 123 cm³/mol. The smallest absolute Gasteiger partial charge is 0.314 e. The molecule has 172 valence electrons. The molecule has 0 amide bonds. The first-order chi connectivity index (χ1) is 15.9. The summed E-state index contributed by atoms with van der Waals surface area (Å²) in [7, 11) is 0. The van der Waals surface area contributed by atoms with Crippen LogP contribution in [0.15, 0.2) is 54.6 Å². The fourth-order valence-electron chi connectivity index (χ4n) is 4.52. The van der Waals surface area contributed by atoms with Crippen molar-refractivity contribution in [2.45, 2.75) is 51.9 Å². The van der Waals surface area contributed by atoms with Gasteiger partial charge in [-0.25, -0.2) is 8.78 Å². The zero-order valence-corrected chi connectivity index (χ0v) is 18.8. The Labute approximate surface area is 192 Å². The van der Waals surface area contributed by atoms with Gasteiger partial charge < -0.3 is 4.74 Å². The van der Waals surface area contributed by atoms with E-state index in [2.05, 4.69) is 0 Å². The second-order valence-corrected chi connectivity index (χ2v) is 8.78. The molecular formula is C28H27F3O2. The van der Waals surface area contributed by atoms with Crippen molar-refractivity contribution in [3.63, 3.8) is 0 Å². The van der Waals surface area contributed by atoms with Crippen molar-refractivity contribution in [2.24, 2.45) is 5.92 Å². The number of carbonyl (C=O) groups excluding carboxylic acids is 1. The summed E-state index contributed by atoms with van der Waals surface area (Å²) in [5.41, 5.74) is 3.31. The van der Waals surface area contributed by atoms with Gasteiger partial charge in [0.2, 0.25) is 5.82 Å². The summed E-state index contributed by atoms with van der Waals surface area (Å²) < 4.78 is 49.0. The maximum absolute atomic E-state index is 14.7. The number of carbonyl (C=O) groups is 1. The molecule has 4 rings (SSSR count). The molecule has 0 atom stereocenters. The van der Waals surface area contributed by atoms with Crippen molar-refractivity contribution in [2.75, 3.05) is 0 Å². The van der Waals surface area contributed by atoms with Gasteiger partial charge in [0.1, 0.15) is 5.82 Å². The fourth-order valence-corrected chi connectivity index (χ4v) is 4.52. The molecule has 0 bridgehead atoms.